The van der Waals surface area contributed by atoms with Crippen molar-refractivity contribution in [3.05, 3.63) is 47.2 Å². The van der Waals surface area contributed by atoms with Gasteiger partial charge in [-0.25, -0.2) is 0 Å². The number of para-hydroxylation sites is 1. The van der Waals surface area contributed by atoms with Crippen molar-refractivity contribution in [2.75, 3.05) is 31.6 Å². The predicted octanol–water partition coefficient (Wildman–Crippen LogP) is 3.34. The van der Waals surface area contributed by atoms with Crippen LogP contribution < -0.4 is 15.5 Å². The Morgan fingerprint density at radius 2 is 2.19 bits per heavy atom. The number of aromatic nitrogens is 2. The molecule has 0 amide bonds. The van der Waals surface area contributed by atoms with Crippen LogP contribution in [0.3, 0.4) is 0 Å². The number of rotatable bonds is 6. The number of halogens is 2. The number of anilines is 1. The normalized spacial score (nSPS) is 18.1. The van der Waals surface area contributed by atoms with Gasteiger partial charge in [0.05, 0.1) is 5.69 Å². The number of aliphatic imine (C=N–C) groups is 1. The molecule has 0 saturated carbocycles. The van der Waals surface area contributed by atoms with Crippen molar-refractivity contribution in [1.82, 2.24) is 20.4 Å². The Balaban J connectivity index is 0.00000261. The molecule has 148 valence electrons. The largest absolute Gasteiger partial charge is 0.368 e. The zero-order valence-electron chi connectivity index (χ0n) is 15.8. The maximum atomic E-state index is 4.38. The fourth-order valence-electron chi connectivity index (χ4n) is 3.26. The Morgan fingerprint density at radius 3 is 2.89 bits per heavy atom. The van der Waals surface area contributed by atoms with Gasteiger partial charge in [-0.05, 0) is 46.5 Å². The molecule has 1 aliphatic rings. The summed E-state index contributed by atoms with van der Waals surface area (Å²) in [5, 5.41) is 11.3. The molecule has 0 bridgehead atoms. The number of nitrogens with one attached hydrogen (secondary N) is 2. The molecular formula is C19H28BrIN6. The highest BCUT2D eigenvalue weighted by atomic mass is 127. The first-order chi connectivity index (χ1) is 12.7. The molecule has 1 aromatic heterocycles. The lowest BCUT2D eigenvalue weighted by atomic mass is 10.2. The highest BCUT2D eigenvalue weighted by Gasteiger charge is 2.24. The lowest BCUT2D eigenvalue weighted by Crippen LogP contribution is -2.46. The summed E-state index contributed by atoms with van der Waals surface area (Å²) in [4.78, 5) is 6.79. The summed E-state index contributed by atoms with van der Waals surface area (Å²) >= 11 is 3.65. The summed E-state index contributed by atoms with van der Waals surface area (Å²) in [5.41, 5.74) is 1.26. The van der Waals surface area contributed by atoms with Crippen LogP contribution in [0, 0.1) is 5.92 Å². The Morgan fingerprint density at radius 1 is 1.37 bits per heavy atom. The van der Waals surface area contributed by atoms with Crippen LogP contribution in [0.15, 0.2) is 52.2 Å². The predicted molar refractivity (Wildman–Crippen MR) is 126 cm³/mol. The average molecular weight is 547 g/mol. The van der Waals surface area contributed by atoms with Crippen molar-refractivity contribution in [1.29, 1.82) is 0 Å². The van der Waals surface area contributed by atoms with Gasteiger partial charge in [-0.15, -0.1) is 24.0 Å². The molecule has 1 fully saturated rings. The van der Waals surface area contributed by atoms with Crippen LogP contribution in [0.4, 0.5) is 5.69 Å². The fraction of sp³-hybridized carbons (Fsp3) is 0.474. The fourth-order valence-corrected chi connectivity index (χ4v) is 3.79. The van der Waals surface area contributed by atoms with Crippen LogP contribution in [-0.2, 0) is 6.54 Å². The third kappa shape index (κ3) is 6.38. The highest BCUT2D eigenvalue weighted by molar-refractivity contribution is 14.0. The van der Waals surface area contributed by atoms with Gasteiger partial charge in [-0.1, -0.05) is 19.1 Å². The van der Waals surface area contributed by atoms with Crippen LogP contribution in [0.5, 0.6) is 0 Å². The SMILES string of the molecule is CN=C(NCC(C)Cn1cccn1)NC1CCN(c2ccccc2Br)C1.I. The Bertz CT molecular complexity index is 721. The number of benzene rings is 1. The van der Waals surface area contributed by atoms with Gasteiger partial charge in [0.1, 0.15) is 0 Å². The summed E-state index contributed by atoms with van der Waals surface area (Å²) in [6.45, 7) is 6.00. The first-order valence-electron chi connectivity index (χ1n) is 9.10. The molecular weight excluding hydrogens is 519 g/mol. The van der Waals surface area contributed by atoms with E-state index in [2.05, 4.69) is 72.7 Å². The summed E-state index contributed by atoms with van der Waals surface area (Å²) in [5.74, 6) is 1.34. The van der Waals surface area contributed by atoms with E-state index in [1.807, 2.05) is 30.2 Å². The van der Waals surface area contributed by atoms with Crippen molar-refractivity contribution < 1.29 is 0 Å². The molecule has 2 atom stereocenters. The Labute approximate surface area is 187 Å². The number of hydrogen-bond donors (Lipinski definition) is 2. The molecule has 27 heavy (non-hydrogen) atoms. The minimum atomic E-state index is 0. The van der Waals surface area contributed by atoms with E-state index in [4.69, 9.17) is 0 Å². The van der Waals surface area contributed by atoms with Gasteiger partial charge in [-0.3, -0.25) is 9.67 Å². The van der Waals surface area contributed by atoms with Crippen molar-refractivity contribution in [2.45, 2.75) is 25.9 Å². The lowest BCUT2D eigenvalue weighted by molar-refractivity contribution is 0.442. The first kappa shape index (κ1) is 22.0. The summed E-state index contributed by atoms with van der Waals surface area (Å²) in [6.07, 6.45) is 4.92. The molecule has 2 aromatic rings. The van der Waals surface area contributed by atoms with Gasteiger partial charge in [0.2, 0.25) is 0 Å². The summed E-state index contributed by atoms with van der Waals surface area (Å²) < 4.78 is 3.12. The molecule has 3 rings (SSSR count). The van der Waals surface area contributed by atoms with Gasteiger partial charge < -0.3 is 15.5 Å². The van der Waals surface area contributed by atoms with E-state index in [9.17, 15) is 0 Å². The first-order valence-corrected chi connectivity index (χ1v) is 9.89. The van der Waals surface area contributed by atoms with E-state index in [-0.39, 0.29) is 24.0 Å². The zero-order valence-corrected chi connectivity index (χ0v) is 19.7. The van der Waals surface area contributed by atoms with Crippen molar-refractivity contribution in [2.24, 2.45) is 10.9 Å². The summed E-state index contributed by atoms with van der Waals surface area (Å²) in [7, 11) is 1.83. The van der Waals surface area contributed by atoms with Gasteiger partial charge in [0.25, 0.3) is 0 Å². The minimum Gasteiger partial charge on any atom is -0.368 e. The van der Waals surface area contributed by atoms with Crippen LogP contribution in [0.25, 0.3) is 0 Å². The van der Waals surface area contributed by atoms with E-state index in [1.54, 1.807) is 0 Å². The smallest absolute Gasteiger partial charge is 0.191 e. The number of guanidine groups is 1. The zero-order chi connectivity index (χ0) is 18.4. The van der Waals surface area contributed by atoms with Gasteiger partial charge >= 0.3 is 0 Å². The highest BCUT2D eigenvalue weighted by Crippen LogP contribution is 2.28. The van der Waals surface area contributed by atoms with Crippen molar-refractivity contribution >= 4 is 51.6 Å². The van der Waals surface area contributed by atoms with E-state index in [0.29, 0.717) is 12.0 Å². The second kappa shape index (κ2) is 10.9. The molecule has 8 heteroatoms. The number of hydrogen-bond acceptors (Lipinski definition) is 3. The second-order valence-corrected chi connectivity index (χ2v) is 7.67. The molecule has 0 spiro atoms. The molecule has 2 heterocycles. The molecule has 1 aliphatic heterocycles. The molecule has 1 saturated heterocycles. The van der Waals surface area contributed by atoms with Crippen LogP contribution >= 0.6 is 39.9 Å². The third-order valence-corrected chi connectivity index (χ3v) is 5.29. The van der Waals surface area contributed by atoms with E-state index >= 15 is 0 Å². The lowest BCUT2D eigenvalue weighted by Gasteiger charge is -2.22. The van der Waals surface area contributed by atoms with Gasteiger partial charge in [-0.2, -0.15) is 5.10 Å². The van der Waals surface area contributed by atoms with E-state index < -0.39 is 0 Å². The molecule has 2 N–H and O–H groups in total. The average Bonchev–Trinajstić information content (AvgIpc) is 3.31. The Kier molecular flexibility index (Phi) is 8.88. The van der Waals surface area contributed by atoms with Crippen molar-refractivity contribution in [3.8, 4) is 0 Å². The Hall–Kier alpha value is -1.29. The maximum Gasteiger partial charge on any atom is 0.191 e. The summed E-state index contributed by atoms with van der Waals surface area (Å²) in [6, 6.07) is 10.7. The molecule has 2 unspecified atom stereocenters. The molecule has 0 aliphatic carbocycles. The topological polar surface area (TPSA) is 57.5 Å². The van der Waals surface area contributed by atoms with Crippen LogP contribution in [0.1, 0.15) is 13.3 Å². The van der Waals surface area contributed by atoms with Crippen LogP contribution in [0.2, 0.25) is 0 Å². The van der Waals surface area contributed by atoms with Crippen molar-refractivity contribution in [3.63, 3.8) is 0 Å². The third-order valence-electron chi connectivity index (χ3n) is 4.62. The minimum absolute atomic E-state index is 0. The maximum absolute atomic E-state index is 4.38. The second-order valence-electron chi connectivity index (χ2n) is 6.81. The van der Waals surface area contributed by atoms with Crippen LogP contribution in [-0.4, -0.2) is 48.5 Å². The van der Waals surface area contributed by atoms with E-state index in [0.717, 1.165) is 43.0 Å². The quantitative estimate of drug-likeness (QED) is 0.331. The molecule has 1 aromatic carbocycles. The number of nitrogens with zero attached hydrogens (tertiary/aromatic N) is 4. The van der Waals surface area contributed by atoms with E-state index in [1.165, 1.54) is 5.69 Å². The molecule has 0 radical (unpaired) electrons. The van der Waals surface area contributed by atoms with Gasteiger partial charge in [0.15, 0.2) is 5.96 Å². The van der Waals surface area contributed by atoms with Gasteiger partial charge in [0, 0.05) is 56.1 Å². The monoisotopic (exact) mass is 546 g/mol. The standard InChI is InChI=1S/C19H27BrN6.HI/c1-15(13-26-10-5-9-23-26)12-22-19(21-2)24-16-8-11-25(14-16)18-7-4-3-6-17(18)20;/h3-7,9-10,15-16H,8,11-14H2,1-2H3,(H2,21,22,24);1H. The molecule has 6 nitrogen and oxygen atoms in total.